The number of unbranched alkanes of at least 4 members (excludes halogenated alkanes) is 6. The van der Waals surface area contributed by atoms with Crippen LogP contribution >= 0.6 is 0 Å². The summed E-state index contributed by atoms with van der Waals surface area (Å²) in [6.45, 7) is 4.78. The van der Waals surface area contributed by atoms with Crippen LogP contribution in [0.1, 0.15) is 65.2 Å². The summed E-state index contributed by atoms with van der Waals surface area (Å²) in [5, 5.41) is 9.79. The highest BCUT2D eigenvalue weighted by Crippen LogP contribution is 1.99. The van der Waals surface area contributed by atoms with Gasteiger partial charge in [0, 0.05) is 6.61 Å². The summed E-state index contributed by atoms with van der Waals surface area (Å²) in [6.07, 6.45) is 10.5. The molecule has 0 bridgehead atoms. The third-order valence-electron chi connectivity index (χ3n) is 2.22. The molecule has 0 unspecified atom stereocenters. The van der Waals surface area contributed by atoms with Gasteiger partial charge in [-0.1, -0.05) is 58.8 Å². The Morgan fingerprint density at radius 3 is 1.64 bits per heavy atom. The zero-order chi connectivity index (χ0) is 11.1. The van der Waals surface area contributed by atoms with Crippen molar-refractivity contribution in [3.8, 4) is 0 Å². The molecule has 0 aromatic rings. The third-order valence-corrected chi connectivity index (χ3v) is 2.93. The predicted octanol–water partition coefficient (Wildman–Crippen LogP) is 3.18. The molecule has 86 valence electrons. The molecular formula is C12H29AlO. The van der Waals surface area contributed by atoms with Gasteiger partial charge in [-0.3, -0.25) is 0 Å². The lowest BCUT2D eigenvalue weighted by atomic mass is 10.2. The average molecular weight is 216 g/mol. The Labute approximate surface area is 98.7 Å². The van der Waals surface area contributed by atoms with Crippen LogP contribution in [0, 0.1) is 0 Å². The molecule has 0 heterocycles. The van der Waals surface area contributed by atoms with Crippen molar-refractivity contribution >= 4 is 16.3 Å². The molecule has 0 radical (unpaired) electrons. The molecule has 0 saturated heterocycles. The van der Waals surface area contributed by atoms with Gasteiger partial charge in [-0.15, -0.1) is 5.28 Å². The summed E-state index contributed by atoms with van der Waals surface area (Å²) >= 11 is 1.41. The van der Waals surface area contributed by atoms with Gasteiger partial charge in [-0.25, -0.2) is 0 Å². The first-order chi connectivity index (χ1) is 6.83. The van der Waals surface area contributed by atoms with Gasteiger partial charge >= 0.3 is 0 Å². The smallest absolute Gasteiger partial charge is 0.211 e. The zero-order valence-electron chi connectivity index (χ0n) is 10.5. The van der Waals surface area contributed by atoms with Gasteiger partial charge in [0.05, 0.1) is 0 Å². The first kappa shape index (κ1) is 16.9. The predicted molar refractivity (Wildman–Crippen MR) is 68.7 cm³/mol. The van der Waals surface area contributed by atoms with Crippen LogP contribution in [0.15, 0.2) is 0 Å². The summed E-state index contributed by atoms with van der Waals surface area (Å²) in [4.78, 5) is 0. The van der Waals surface area contributed by atoms with E-state index in [0.717, 1.165) is 6.42 Å². The van der Waals surface area contributed by atoms with Crippen LogP contribution in [0.25, 0.3) is 0 Å². The van der Waals surface area contributed by atoms with E-state index in [1.165, 1.54) is 66.5 Å². The van der Waals surface area contributed by atoms with Crippen LogP contribution in [-0.4, -0.2) is 28.0 Å². The highest BCUT2D eigenvalue weighted by molar-refractivity contribution is 6.08. The van der Waals surface area contributed by atoms with Crippen LogP contribution in [-0.2, 0) is 0 Å². The van der Waals surface area contributed by atoms with Crippen molar-refractivity contribution in [2.24, 2.45) is 0 Å². The normalized spacial score (nSPS) is 9.36. The molecule has 0 aliphatic carbocycles. The monoisotopic (exact) mass is 216 g/mol. The van der Waals surface area contributed by atoms with Crippen LogP contribution in [0.5, 0.6) is 0 Å². The maximum atomic E-state index is 8.29. The molecule has 0 rings (SSSR count). The van der Waals surface area contributed by atoms with E-state index in [2.05, 4.69) is 13.8 Å². The topological polar surface area (TPSA) is 20.2 Å². The first-order valence-corrected chi connectivity index (χ1v) is 7.85. The number of aliphatic hydroxyl groups is 1. The van der Waals surface area contributed by atoms with Crippen LogP contribution in [0.2, 0.25) is 5.28 Å². The molecular weight excluding hydrogens is 187 g/mol. The second-order valence-electron chi connectivity index (χ2n) is 3.84. The fourth-order valence-corrected chi connectivity index (χ4v) is 1.72. The molecule has 1 N–H and O–H groups in total. The Morgan fingerprint density at radius 2 is 1.29 bits per heavy atom. The van der Waals surface area contributed by atoms with Crippen LogP contribution in [0.3, 0.4) is 0 Å². The molecule has 0 spiro atoms. The standard InChI is InChI=1S/C6H14O.C6H13.Al.2H/c1-2-3-4-5-6-7;1-3-5-6-4-2;;;/h7H,2-6H2,1H3;1,3-6H2,2H3;;;. The Balaban J connectivity index is 0. The Morgan fingerprint density at radius 1 is 0.786 bits per heavy atom. The van der Waals surface area contributed by atoms with E-state index >= 15 is 0 Å². The maximum absolute atomic E-state index is 8.29. The fraction of sp³-hybridized carbons (Fsp3) is 1.00. The molecule has 0 aromatic heterocycles. The zero-order valence-corrected chi connectivity index (χ0v) is 12.5. The minimum absolute atomic E-state index is 0.361. The molecule has 0 atom stereocenters. The SMILES string of the molecule is CCCCCCO.CCCCC[CH2][AlH2]. The molecule has 0 saturated carbocycles. The van der Waals surface area contributed by atoms with Crippen molar-refractivity contribution in [2.75, 3.05) is 6.61 Å². The lowest BCUT2D eigenvalue weighted by Gasteiger charge is -1.90. The first-order valence-electron chi connectivity index (χ1n) is 6.44. The van der Waals surface area contributed by atoms with Crippen LogP contribution in [0.4, 0.5) is 0 Å². The molecule has 2 heteroatoms. The largest absolute Gasteiger partial charge is 0.396 e. The average Bonchev–Trinajstić information content (AvgIpc) is 2.21. The van der Waals surface area contributed by atoms with Crippen molar-refractivity contribution < 1.29 is 5.11 Å². The van der Waals surface area contributed by atoms with Gasteiger partial charge in [0.1, 0.15) is 0 Å². The van der Waals surface area contributed by atoms with Crippen molar-refractivity contribution in [1.82, 2.24) is 0 Å². The number of aliphatic hydroxyl groups excluding tert-OH is 1. The number of rotatable bonds is 8. The highest BCUT2D eigenvalue weighted by Gasteiger charge is 1.81. The van der Waals surface area contributed by atoms with E-state index in [9.17, 15) is 0 Å². The number of hydrogen-bond donors (Lipinski definition) is 1. The fourth-order valence-electron chi connectivity index (χ4n) is 1.22. The van der Waals surface area contributed by atoms with E-state index in [-0.39, 0.29) is 0 Å². The van der Waals surface area contributed by atoms with Gasteiger partial charge in [0.2, 0.25) is 16.3 Å². The lowest BCUT2D eigenvalue weighted by molar-refractivity contribution is 0.283. The molecule has 1 nitrogen and oxygen atoms in total. The van der Waals surface area contributed by atoms with E-state index in [0.29, 0.717) is 6.61 Å². The highest BCUT2D eigenvalue weighted by atomic mass is 27.0. The van der Waals surface area contributed by atoms with Crippen molar-refractivity contribution in [3.63, 3.8) is 0 Å². The van der Waals surface area contributed by atoms with Gasteiger partial charge < -0.3 is 5.11 Å². The molecule has 0 aliphatic rings. The lowest BCUT2D eigenvalue weighted by Crippen LogP contribution is -1.80. The quantitative estimate of drug-likeness (QED) is 0.488. The molecule has 0 aliphatic heterocycles. The summed E-state index contributed by atoms with van der Waals surface area (Å²) < 4.78 is 0. The molecule has 14 heavy (non-hydrogen) atoms. The third kappa shape index (κ3) is 22.9. The van der Waals surface area contributed by atoms with Gasteiger partial charge in [-0.2, -0.15) is 0 Å². The van der Waals surface area contributed by atoms with Crippen molar-refractivity contribution in [1.29, 1.82) is 0 Å². The summed E-state index contributed by atoms with van der Waals surface area (Å²) in [6, 6.07) is 0. The molecule has 0 amide bonds. The van der Waals surface area contributed by atoms with Gasteiger partial charge in [-0.05, 0) is 6.42 Å². The summed E-state index contributed by atoms with van der Waals surface area (Å²) in [7, 11) is 0. The van der Waals surface area contributed by atoms with Gasteiger partial charge in [0.25, 0.3) is 0 Å². The Hall–Kier alpha value is 0.492. The van der Waals surface area contributed by atoms with E-state index in [1.54, 1.807) is 0 Å². The van der Waals surface area contributed by atoms with E-state index in [4.69, 9.17) is 5.11 Å². The van der Waals surface area contributed by atoms with E-state index < -0.39 is 0 Å². The minimum atomic E-state index is 0.361. The van der Waals surface area contributed by atoms with Crippen molar-refractivity contribution in [3.05, 3.63) is 0 Å². The number of hydrogen-bond acceptors (Lipinski definition) is 1. The second-order valence-corrected chi connectivity index (χ2v) is 4.84. The van der Waals surface area contributed by atoms with Crippen molar-refractivity contribution in [2.45, 2.75) is 70.5 Å². The minimum Gasteiger partial charge on any atom is -0.396 e. The summed E-state index contributed by atoms with van der Waals surface area (Å²) in [5.41, 5.74) is 0. The summed E-state index contributed by atoms with van der Waals surface area (Å²) in [5.74, 6) is 0. The molecule has 0 aromatic carbocycles. The van der Waals surface area contributed by atoms with E-state index in [1.807, 2.05) is 0 Å². The Bertz CT molecular complexity index is 58.7. The van der Waals surface area contributed by atoms with Gasteiger partial charge in [0.15, 0.2) is 0 Å². The maximum Gasteiger partial charge on any atom is 0.211 e. The second kappa shape index (κ2) is 19.1. The van der Waals surface area contributed by atoms with Crippen LogP contribution < -0.4 is 0 Å². The Kier molecular flexibility index (Phi) is 23.1. The molecule has 0 fully saturated rings.